The van der Waals surface area contributed by atoms with Crippen LogP contribution in [0.1, 0.15) is 5.56 Å². The highest BCUT2D eigenvalue weighted by Crippen LogP contribution is 2.16. The van der Waals surface area contributed by atoms with Crippen LogP contribution in [-0.2, 0) is 11.3 Å². The van der Waals surface area contributed by atoms with Crippen LogP contribution in [0.25, 0.3) is 5.69 Å². The second kappa shape index (κ2) is 8.01. The molecule has 0 spiro atoms. The van der Waals surface area contributed by atoms with Gasteiger partial charge in [-0.05, 0) is 42.0 Å². The molecule has 1 amide bonds. The Labute approximate surface area is 146 Å². The predicted octanol–water partition coefficient (Wildman–Crippen LogP) is 2.58. The molecular weight excluding hydrogens is 318 g/mol. The van der Waals surface area contributed by atoms with Crippen LogP contribution in [-0.4, -0.2) is 29.2 Å². The van der Waals surface area contributed by atoms with Gasteiger partial charge < -0.3 is 19.4 Å². The lowest BCUT2D eigenvalue weighted by Crippen LogP contribution is -2.28. The maximum Gasteiger partial charge on any atom is 0.258 e. The first-order chi connectivity index (χ1) is 12.2. The van der Waals surface area contributed by atoms with Gasteiger partial charge in [0.15, 0.2) is 6.61 Å². The third-order valence-corrected chi connectivity index (χ3v) is 3.66. The van der Waals surface area contributed by atoms with Gasteiger partial charge in [-0.3, -0.25) is 4.79 Å². The number of nitrogens with zero attached hydrogens (tertiary/aromatic N) is 2. The molecule has 0 atom stereocenters. The zero-order valence-electron chi connectivity index (χ0n) is 13.9. The van der Waals surface area contributed by atoms with Gasteiger partial charge in [-0.2, -0.15) is 0 Å². The van der Waals surface area contributed by atoms with Crippen LogP contribution in [0.4, 0.5) is 0 Å². The number of carbonyl (C=O) groups is 1. The Bertz CT molecular complexity index is 797. The summed E-state index contributed by atoms with van der Waals surface area (Å²) in [5.41, 5.74) is 2.04. The van der Waals surface area contributed by atoms with Crippen LogP contribution >= 0.6 is 0 Å². The Morgan fingerprint density at radius 2 is 1.80 bits per heavy atom. The largest absolute Gasteiger partial charge is 0.497 e. The molecule has 25 heavy (non-hydrogen) atoms. The van der Waals surface area contributed by atoms with Crippen molar-refractivity contribution in [2.75, 3.05) is 13.7 Å². The quantitative estimate of drug-likeness (QED) is 0.720. The molecule has 6 nitrogen and oxygen atoms in total. The third kappa shape index (κ3) is 4.60. The second-order valence-corrected chi connectivity index (χ2v) is 5.38. The molecule has 0 bridgehead atoms. The van der Waals surface area contributed by atoms with E-state index in [1.54, 1.807) is 43.9 Å². The molecule has 3 rings (SSSR count). The SMILES string of the molecule is COc1ccc(OCC(=O)NCc2ccc(-n3ccnc3)cc2)cc1. The fraction of sp³-hybridized carbons (Fsp3) is 0.158. The molecule has 1 aromatic heterocycles. The Hall–Kier alpha value is -3.28. The number of aromatic nitrogens is 2. The molecule has 0 aliphatic rings. The highest BCUT2D eigenvalue weighted by atomic mass is 16.5. The molecule has 6 heteroatoms. The normalized spacial score (nSPS) is 10.3. The molecule has 0 saturated heterocycles. The standard InChI is InChI=1S/C19H19N3O3/c1-24-17-6-8-18(9-7-17)25-13-19(23)21-12-15-2-4-16(5-3-15)22-11-10-20-14-22/h2-11,14H,12-13H2,1H3,(H,21,23). The minimum atomic E-state index is -0.172. The number of benzene rings is 2. The second-order valence-electron chi connectivity index (χ2n) is 5.38. The van der Waals surface area contributed by atoms with E-state index in [0.29, 0.717) is 12.3 Å². The van der Waals surface area contributed by atoms with Gasteiger partial charge in [-0.25, -0.2) is 4.98 Å². The van der Waals surface area contributed by atoms with E-state index in [9.17, 15) is 4.79 Å². The highest BCUT2D eigenvalue weighted by Gasteiger charge is 2.04. The predicted molar refractivity (Wildman–Crippen MR) is 93.9 cm³/mol. The first-order valence-electron chi connectivity index (χ1n) is 7.85. The monoisotopic (exact) mass is 337 g/mol. The number of amides is 1. The summed E-state index contributed by atoms with van der Waals surface area (Å²) < 4.78 is 12.4. The number of methoxy groups -OCH3 is 1. The first-order valence-corrected chi connectivity index (χ1v) is 7.85. The maximum atomic E-state index is 11.9. The minimum absolute atomic E-state index is 0.0283. The average molecular weight is 337 g/mol. The van der Waals surface area contributed by atoms with E-state index in [1.165, 1.54) is 0 Å². The molecule has 2 aromatic carbocycles. The summed E-state index contributed by atoms with van der Waals surface area (Å²) in [5, 5.41) is 2.84. The van der Waals surface area contributed by atoms with Gasteiger partial charge in [0, 0.05) is 24.6 Å². The van der Waals surface area contributed by atoms with Gasteiger partial charge in [0.2, 0.25) is 0 Å². The third-order valence-electron chi connectivity index (χ3n) is 3.66. The molecule has 1 N–H and O–H groups in total. The fourth-order valence-corrected chi connectivity index (χ4v) is 2.27. The molecule has 128 valence electrons. The highest BCUT2D eigenvalue weighted by molar-refractivity contribution is 5.77. The van der Waals surface area contributed by atoms with Crippen molar-refractivity contribution in [2.45, 2.75) is 6.54 Å². The number of nitrogens with one attached hydrogen (secondary N) is 1. The fourth-order valence-electron chi connectivity index (χ4n) is 2.27. The lowest BCUT2D eigenvalue weighted by Gasteiger charge is -2.09. The maximum absolute atomic E-state index is 11.9. The van der Waals surface area contributed by atoms with Crippen molar-refractivity contribution >= 4 is 5.91 Å². The number of rotatable bonds is 7. The smallest absolute Gasteiger partial charge is 0.258 e. The van der Waals surface area contributed by atoms with Crippen molar-refractivity contribution in [3.05, 3.63) is 72.8 Å². The lowest BCUT2D eigenvalue weighted by atomic mass is 10.2. The van der Waals surface area contributed by atoms with Gasteiger partial charge in [-0.15, -0.1) is 0 Å². The number of imidazole rings is 1. The molecule has 0 saturated carbocycles. The van der Waals surface area contributed by atoms with Crippen molar-refractivity contribution in [1.82, 2.24) is 14.9 Å². The molecule has 0 aliphatic heterocycles. The van der Waals surface area contributed by atoms with E-state index in [1.807, 2.05) is 35.0 Å². The molecule has 1 heterocycles. The van der Waals surface area contributed by atoms with E-state index in [4.69, 9.17) is 9.47 Å². The Morgan fingerprint density at radius 3 is 2.44 bits per heavy atom. The molecule has 3 aromatic rings. The molecule has 0 radical (unpaired) electrons. The molecule has 0 fully saturated rings. The van der Waals surface area contributed by atoms with Crippen molar-refractivity contribution in [3.63, 3.8) is 0 Å². The van der Waals surface area contributed by atoms with Crippen LogP contribution in [0.15, 0.2) is 67.3 Å². The summed E-state index contributed by atoms with van der Waals surface area (Å²) in [5.74, 6) is 1.20. The molecular formula is C19H19N3O3. The average Bonchev–Trinajstić information content (AvgIpc) is 3.20. The summed E-state index contributed by atoms with van der Waals surface area (Å²) >= 11 is 0. The van der Waals surface area contributed by atoms with E-state index in [-0.39, 0.29) is 12.5 Å². The van der Waals surface area contributed by atoms with Crippen molar-refractivity contribution in [2.24, 2.45) is 0 Å². The minimum Gasteiger partial charge on any atom is -0.497 e. The van der Waals surface area contributed by atoms with Gasteiger partial charge >= 0.3 is 0 Å². The summed E-state index contributed by atoms with van der Waals surface area (Å²) in [4.78, 5) is 15.9. The van der Waals surface area contributed by atoms with Crippen LogP contribution < -0.4 is 14.8 Å². The number of ether oxygens (including phenoxy) is 2. The first kappa shape index (κ1) is 16.6. The van der Waals surface area contributed by atoms with Gasteiger partial charge in [-0.1, -0.05) is 12.1 Å². The van der Waals surface area contributed by atoms with Crippen molar-refractivity contribution < 1.29 is 14.3 Å². The number of hydrogen-bond acceptors (Lipinski definition) is 4. The molecule has 0 aliphatic carbocycles. The van der Waals surface area contributed by atoms with E-state index < -0.39 is 0 Å². The van der Waals surface area contributed by atoms with E-state index in [2.05, 4.69) is 10.3 Å². The number of carbonyl (C=O) groups excluding carboxylic acids is 1. The zero-order chi connectivity index (χ0) is 17.5. The van der Waals surface area contributed by atoms with Crippen LogP contribution in [0, 0.1) is 0 Å². The van der Waals surface area contributed by atoms with Crippen LogP contribution in [0.3, 0.4) is 0 Å². The topological polar surface area (TPSA) is 65.4 Å². The molecule has 0 unspecified atom stereocenters. The van der Waals surface area contributed by atoms with E-state index >= 15 is 0 Å². The Balaban J connectivity index is 1.45. The van der Waals surface area contributed by atoms with Crippen LogP contribution in [0.2, 0.25) is 0 Å². The summed E-state index contributed by atoms with van der Waals surface area (Å²) in [6.45, 7) is 0.425. The Kier molecular flexibility index (Phi) is 5.31. The summed E-state index contributed by atoms with van der Waals surface area (Å²) in [6, 6.07) is 15.0. The Morgan fingerprint density at radius 1 is 1.08 bits per heavy atom. The lowest BCUT2D eigenvalue weighted by molar-refractivity contribution is -0.123. The van der Waals surface area contributed by atoms with Gasteiger partial charge in [0.25, 0.3) is 5.91 Å². The van der Waals surface area contributed by atoms with Crippen LogP contribution in [0.5, 0.6) is 11.5 Å². The number of hydrogen-bond donors (Lipinski definition) is 1. The zero-order valence-corrected chi connectivity index (χ0v) is 13.9. The summed E-state index contributed by atoms with van der Waals surface area (Å²) in [7, 11) is 1.60. The summed E-state index contributed by atoms with van der Waals surface area (Å²) in [6.07, 6.45) is 5.36. The van der Waals surface area contributed by atoms with Crippen molar-refractivity contribution in [3.8, 4) is 17.2 Å². The van der Waals surface area contributed by atoms with Crippen molar-refractivity contribution in [1.29, 1.82) is 0 Å². The van der Waals surface area contributed by atoms with E-state index in [0.717, 1.165) is 17.0 Å². The van der Waals surface area contributed by atoms with Gasteiger partial charge in [0.05, 0.1) is 13.4 Å². The van der Waals surface area contributed by atoms with Gasteiger partial charge in [0.1, 0.15) is 11.5 Å².